The van der Waals surface area contributed by atoms with E-state index >= 15 is 0 Å². The summed E-state index contributed by atoms with van der Waals surface area (Å²) in [6, 6.07) is 8.14. The molecule has 0 N–H and O–H groups in total. The fraction of sp³-hybridized carbons (Fsp3) is 0.211. The second kappa shape index (κ2) is 8.05. The first-order chi connectivity index (χ1) is 13.8. The number of non-ortho nitro benzene ring substituents is 1. The predicted molar refractivity (Wildman–Crippen MR) is 102 cm³/mol. The van der Waals surface area contributed by atoms with Crippen molar-refractivity contribution >= 4 is 22.5 Å². The maximum atomic E-state index is 13.8. The Morgan fingerprint density at radius 2 is 2.07 bits per heavy atom. The first-order valence-electron chi connectivity index (χ1n) is 8.50. The Kier molecular flexibility index (Phi) is 5.53. The molecule has 0 bridgehead atoms. The highest BCUT2D eigenvalue weighted by Gasteiger charge is 2.15. The average Bonchev–Trinajstić information content (AvgIpc) is 2.70. The van der Waals surface area contributed by atoms with Crippen molar-refractivity contribution in [1.29, 1.82) is 0 Å². The molecule has 29 heavy (non-hydrogen) atoms. The number of rotatable bonds is 6. The zero-order chi connectivity index (χ0) is 21.1. The van der Waals surface area contributed by atoms with Gasteiger partial charge in [-0.1, -0.05) is 6.07 Å². The van der Waals surface area contributed by atoms with Crippen molar-refractivity contribution in [2.75, 3.05) is 14.2 Å². The molecule has 1 aromatic heterocycles. The number of hydrogen-bond donors (Lipinski definition) is 0. The third kappa shape index (κ3) is 4.21. The van der Waals surface area contributed by atoms with Gasteiger partial charge < -0.3 is 9.64 Å². The Balaban J connectivity index is 1.79. The number of carbonyl (C=O) groups is 1. The Hall–Kier alpha value is -3.82. The van der Waals surface area contributed by atoms with Crippen molar-refractivity contribution in [3.05, 3.63) is 74.6 Å². The molecule has 2 aromatic carbocycles. The monoisotopic (exact) mass is 400 g/mol. The van der Waals surface area contributed by atoms with E-state index in [0.717, 1.165) is 10.6 Å². The zero-order valence-corrected chi connectivity index (χ0v) is 15.7. The summed E-state index contributed by atoms with van der Waals surface area (Å²) >= 11 is 0. The van der Waals surface area contributed by atoms with E-state index in [9.17, 15) is 24.1 Å². The number of benzene rings is 2. The molecule has 10 heteroatoms. The van der Waals surface area contributed by atoms with Crippen molar-refractivity contribution in [3.8, 4) is 5.75 Å². The topological polar surface area (TPSA) is 108 Å². The molecule has 3 aromatic rings. The molecular weight excluding hydrogens is 383 g/mol. The highest BCUT2D eigenvalue weighted by atomic mass is 19.1. The number of nitro benzene ring substituents is 1. The highest BCUT2D eigenvalue weighted by Crippen LogP contribution is 2.19. The summed E-state index contributed by atoms with van der Waals surface area (Å²) in [7, 11) is 2.88. The first kappa shape index (κ1) is 19.9. The molecule has 0 atom stereocenters. The van der Waals surface area contributed by atoms with E-state index < -0.39 is 22.2 Å². The molecule has 1 amide bonds. The fourth-order valence-corrected chi connectivity index (χ4v) is 2.81. The quantitative estimate of drug-likeness (QED) is 0.463. The Bertz CT molecular complexity index is 1160. The van der Waals surface area contributed by atoms with Gasteiger partial charge in [0, 0.05) is 25.7 Å². The van der Waals surface area contributed by atoms with Gasteiger partial charge in [-0.3, -0.25) is 24.3 Å². The van der Waals surface area contributed by atoms with Crippen LogP contribution < -0.4 is 10.3 Å². The molecule has 0 aliphatic carbocycles. The molecule has 0 saturated heterocycles. The Morgan fingerprint density at radius 1 is 1.31 bits per heavy atom. The number of hydrogen-bond acceptors (Lipinski definition) is 6. The minimum absolute atomic E-state index is 0.0504. The minimum Gasteiger partial charge on any atom is -0.494 e. The third-order valence-corrected chi connectivity index (χ3v) is 4.39. The molecule has 0 saturated carbocycles. The minimum atomic E-state index is -0.608. The summed E-state index contributed by atoms with van der Waals surface area (Å²) in [6.45, 7) is -0.180. The van der Waals surface area contributed by atoms with E-state index in [1.54, 1.807) is 6.07 Å². The number of nitrogens with zero attached hydrogens (tertiary/aromatic N) is 4. The van der Waals surface area contributed by atoms with Gasteiger partial charge in [0.05, 0.1) is 29.3 Å². The predicted octanol–water partition coefficient (Wildman–Crippen LogP) is 2.11. The zero-order valence-electron chi connectivity index (χ0n) is 15.7. The standard InChI is InChI=1S/C19H17FN4O5/c1-22(9-12-3-6-17(29-2)15(20)7-12)18(25)10-23-11-21-16-5-4-13(24(27)28)8-14(16)19(23)26/h3-8,11H,9-10H2,1-2H3. The molecule has 0 radical (unpaired) electrons. The van der Waals surface area contributed by atoms with E-state index in [4.69, 9.17) is 4.74 Å². The fourth-order valence-electron chi connectivity index (χ4n) is 2.81. The molecule has 3 rings (SSSR count). The first-order valence-corrected chi connectivity index (χ1v) is 8.50. The maximum Gasteiger partial charge on any atom is 0.270 e. The van der Waals surface area contributed by atoms with Crippen molar-refractivity contribution in [2.45, 2.75) is 13.1 Å². The van der Waals surface area contributed by atoms with Gasteiger partial charge in [-0.15, -0.1) is 0 Å². The summed E-state index contributed by atoms with van der Waals surface area (Å²) in [5.41, 5.74) is 0.0557. The van der Waals surface area contributed by atoms with Crippen LogP contribution in [0.5, 0.6) is 5.75 Å². The normalized spacial score (nSPS) is 10.7. The summed E-state index contributed by atoms with van der Waals surface area (Å²) < 4.78 is 19.8. The number of ether oxygens (including phenoxy) is 1. The van der Waals surface area contributed by atoms with Crippen LogP contribution in [0.25, 0.3) is 10.9 Å². The van der Waals surface area contributed by atoms with Crippen LogP contribution in [-0.2, 0) is 17.9 Å². The number of likely N-dealkylation sites (N-methyl/N-ethyl adjacent to an activating group) is 1. The maximum absolute atomic E-state index is 13.8. The lowest BCUT2D eigenvalue weighted by atomic mass is 10.2. The number of aromatic nitrogens is 2. The molecule has 0 unspecified atom stereocenters. The Labute approximate surface area is 164 Å². The van der Waals surface area contributed by atoms with E-state index in [1.165, 1.54) is 49.7 Å². The van der Waals surface area contributed by atoms with Crippen LogP contribution in [0.1, 0.15) is 5.56 Å². The molecule has 0 aliphatic rings. The van der Waals surface area contributed by atoms with Gasteiger partial charge in [-0.05, 0) is 23.8 Å². The summed E-state index contributed by atoms with van der Waals surface area (Å²) in [5.74, 6) is -0.845. The SMILES string of the molecule is COc1ccc(CN(C)C(=O)Cn2cnc3ccc([N+](=O)[O-])cc3c2=O)cc1F. The molecule has 0 spiro atoms. The molecular formula is C19H17FN4O5. The molecule has 9 nitrogen and oxygen atoms in total. The van der Waals surface area contributed by atoms with Crippen molar-refractivity contribution < 1.29 is 18.8 Å². The second-order valence-electron chi connectivity index (χ2n) is 6.35. The van der Waals surface area contributed by atoms with Gasteiger partial charge in [-0.2, -0.15) is 0 Å². The van der Waals surface area contributed by atoms with E-state index in [-0.39, 0.29) is 29.9 Å². The van der Waals surface area contributed by atoms with Crippen LogP contribution in [0.15, 0.2) is 47.5 Å². The van der Waals surface area contributed by atoms with Gasteiger partial charge in [0.15, 0.2) is 11.6 Å². The van der Waals surface area contributed by atoms with Crippen molar-refractivity contribution in [3.63, 3.8) is 0 Å². The third-order valence-electron chi connectivity index (χ3n) is 4.39. The largest absolute Gasteiger partial charge is 0.494 e. The molecule has 150 valence electrons. The van der Waals surface area contributed by atoms with E-state index in [1.807, 2.05) is 0 Å². The number of carbonyl (C=O) groups excluding carboxylic acids is 1. The van der Waals surface area contributed by atoms with Crippen LogP contribution in [0.3, 0.4) is 0 Å². The molecule has 0 fully saturated rings. The lowest BCUT2D eigenvalue weighted by Gasteiger charge is -2.18. The smallest absolute Gasteiger partial charge is 0.270 e. The average molecular weight is 400 g/mol. The number of halogens is 1. The van der Waals surface area contributed by atoms with Crippen LogP contribution in [-0.4, -0.2) is 39.4 Å². The van der Waals surface area contributed by atoms with Gasteiger partial charge in [0.1, 0.15) is 6.54 Å². The lowest BCUT2D eigenvalue weighted by Crippen LogP contribution is -2.33. The number of nitro groups is 1. The lowest BCUT2D eigenvalue weighted by molar-refractivity contribution is -0.384. The number of amides is 1. The van der Waals surface area contributed by atoms with Gasteiger partial charge in [-0.25, -0.2) is 9.37 Å². The van der Waals surface area contributed by atoms with Gasteiger partial charge >= 0.3 is 0 Å². The van der Waals surface area contributed by atoms with Crippen LogP contribution in [0.2, 0.25) is 0 Å². The van der Waals surface area contributed by atoms with Crippen molar-refractivity contribution in [2.24, 2.45) is 0 Å². The van der Waals surface area contributed by atoms with Gasteiger partial charge in [0.25, 0.3) is 11.2 Å². The summed E-state index contributed by atoms with van der Waals surface area (Å²) in [4.78, 5) is 40.8. The molecule has 1 heterocycles. The summed E-state index contributed by atoms with van der Waals surface area (Å²) in [5, 5.41) is 11.0. The van der Waals surface area contributed by atoms with E-state index in [0.29, 0.717) is 11.1 Å². The number of methoxy groups -OCH3 is 1. The van der Waals surface area contributed by atoms with Crippen LogP contribution in [0.4, 0.5) is 10.1 Å². The van der Waals surface area contributed by atoms with Crippen LogP contribution in [0, 0.1) is 15.9 Å². The van der Waals surface area contributed by atoms with Crippen molar-refractivity contribution in [1.82, 2.24) is 14.5 Å². The molecule has 0 aliphatic heterocycles. The van der Waals surface area contributed by atoms with Crippen LogP contribution >= 0.6 is 0 Å². The van der Waals surface area contributed by atoms with E-state index in [2.05, 4.69) is 4.98 Å². The second-order valence-corrected chi connectivity index (χ2v) is 6.35. The highest BCUT2D eigenvalue weighted by molar-refractivity contribution is 5.80. The van der Waals surface area contributed by atoms with Gasteiger partial charge in [0.2, 0.25) is 5.91 Å². The Morgan fingerprint density at radius 3 is 2.72 bits per heavy atom. The number of fused-ring (bicyclic) bond motifs is 1. The summed E-state index contributed by atoms with van der Waals surface area (Å²) in [6.07, 6.45) is 1.22.